The summed E-state index contributed by atoms with van der Waals surface area (Å²) < 4.78 is 36.0. The lowest BCUT2D eigenvalue weighted by molar-refractivity contribution is -0.202. The predicted molar refractivity (Wildman–Crippen MR) is 120 cm³/mol. The van der Waals surface area contributed by atoms with E-state index in [1.54, 1.807) is 0 Å². The van der Waals surface area contributed by atoms with Crippen LogP contribution in [-0.4, -0.2) is 76.6 Å². The number of hydrogen-bond acceptors (Lipinski definition) is 7. The SMILES string of the molecule is CCCCOC[C@H]1O[C@H](OC)C(=O)[C@H](OCCCC)[C@@H](OCCCC)[C@@H]1OCCCC. The first-order chi connectivity index (χ1) is 15.1. The molecule has 0 radical (unpaired) electrons. The average molecular weight is 447 g/mol. The molecular formula is C24H46O7. The van der Waals surface area contributed by atoms with Crippen LogP contribution in [0.5, 0.6) is 0 Å². The molecule has 1 saturated heterocycles. The van der Waals surface area contributed by atoms with Gasteiger partial charge in [0.15, 0.2) is 0 Å². The van der Waals surface area contributed by atoms with E-state index >= 15 is 0 Å². The smallest absolute Gasteiger partial charge is 0.220 e. The van der Waals surface area contributed by atoms with Crippen LogP contribution in [0.4, 0.5) is 0 Å². The van der Waals surface area contributed by atoms with Crippen molar-refractivity contribution in [3.63, 3.8) is 0 Å². The second kappa shape index (κ2) is 17.9. The summed E-state index contributed by atoms with van der Waals surface area (Å²) in [7, 11) is 1.48. The van der Waals surface area contributed by atoms with Crippen molar-refractivity contribution in [2.45, 2.75) is 110 Å². The first-order valence-electron chi connectivity index (χ1n) is 12.3. The molecule has 7 nitrogen and oxygen atoms in total. The highest BCUT2D eigenvalue weighted by atomic mass is 16.7. The molecule has 0 saturated carbocycles. The van der Waals surface area contributed by atoms with E-state index in [-0.39, 0.29) is 5.78 Å². The fourth-order valence-corrected chi connectivity index (χ4v) is 3.38. The van der Waals surface area contributed by atoms with Gasteiger partial charge in [-0.1, -0.05) is 53.4 Å². The van der Waals surface area contributed by atoms with E-state index in [4.69, 9.17) is 28.4 Å². The summed E-state index contributed by atoms with van der Waals surface area (Å²) in [5.41, 5.74) is 0. The van der Waals surface area contributed by atoms with Gasteiger partial charge in [-0.15, -0.1) is 0 Å². The largest absolute Gasteiger partial charge is 0.379 e. The Morgan fingerprint density at radius 1 is 0.742 bits per heavy atom. The third-order valence-electron chi connectivity index (χ3n) is 5.35. The molecule has 1 rings (SSSR count). The Morgan fingerprint density at radius 3 is 1.81 bits per heavy atom. The zero-order chi connectivity index (χ0) is 22.9. The lowest BCUT2D eigenvalue weighted by Crippen LogP contribution is -2.51. The molecular weight excluding hydrogens is 400 g/mol. The Labute approximate surface area is 189 Å². The molecule has 0 unspecified atom stereocenters. The van der Waals surface area contributed by atoms with E-state index in [2.05, 4.69) is 27.7 Å². The molecule has 31 heavy (non-hydrogen) atoms. The highest BCUT2D eigenvalue weighted by Gasteiger charge is 2.48. The van der Waals surface area contributed by atoms with E-state index in [1.165, 1.54) is 7.11 Å². The van der Waals surface area contributed by atoms with Gasteiger partial charge in [0.05, 0.1) is 6.61 Å². The normalized spacial score (nSPS) is 26.9. The van der Waals surface area contributed by atoms with Gasteiger partial charge in [-0.3, -0.25) is 4.79 Å². The Balaban J connectivity index is 3.14. The zero-order valence-corrected chi connectivity index (χ0v) is 20.4. The van der Waals surface area contributed by atoms with Crippen LogP contribution in [0.25, 0.3) is 0 Å². The van der Waals surface area contributed by atoms with Crippen LogP contribution in [0.3, 0.4) is 0 Å². The van der Waals surface area contributed by atoms with E-state index in [1.807, 2.05) is 0 Å². The first kappa shape index (κ1) is 28.5. The quantitative estimate of drug-likeness (QED) is 0.291. The van der Waals surface area contributed by atoms with Crippen molar-refractivity contribution in [1.29, 1.82) is 0 Å². The van der Waals surface area contributed by atoms with Crippen LogP contribution in [0.2, 0.25) is 0 Å². The number of ketones is 1. The van der Waals surface area contributed by atoms with Crippen molar-refractivity contribution in [2.24, 2.45) is 0 Å². The Kier molecular flexibility index (Phi) is 16.5. The monoisotopic (exact) mass is 446 g/mol. The van der Waals surface area contributed by atoms with Crippen molar-refractivity contribution in [1.82, 2.24) is 0 Å². The summed E-state index contributed by atoms with van der Waals surface area (Å²) in [6.07, 6.45) is 4.40. The summed E-state index contributed by atoms with van der Waals surface area (Å²) >= 11 is 0. The van der Waals surface area contributed by atoms with Gasteiger partial charge in [-0.25, -0.2) is 0 Å². The number of hydrogen-bond donors (Lipinski definition) is 0. The summed E-state index contributed by atoms with van der Waals surface area (Å²) in [5, 5.41) is 0. The third kappa shape index (κ3) is 10.3. The standard InChI is InChI=1S/C24H46O7/c1-6-10-14-27-18-19-21(28-15-11-7-2)23(30-17-13-9-4)22(29-16-12-8-3)20(25)24(26-5)31-19/h19,21-24H,6-18H2,1-5H3/t19-,21-,22+,23+,24+/m1/s1. The van der Waals surface area contributed by atoms with Crippen molar-refractivity contribution in [2.75, 3.05) is 40.1 Å². The van der Waals surface area contributed by atoms with Gasteiger partial charge in [-0.05, 0) is 25.7 Å². The van der Waals surface area contributed by atoms with Gasteiger partial charge in [0.1, 0.15) is 24.4 Å². The number of rotatable bonds is 18. The Bertz CT molecular complexity index is 446. The summed E-state index contributed by atoms with van der Waals surface area (Å²) in [4.78, 5) is 13.3. The number of ether oxygens (including phenoxy) is 6. The lowest BCUT2D eigenvalue weighted by atomic mass is 10.0. The molecule has 1 aliphatic heterocycles. The summed E-state index contributed by atoms with van der Waals surface area (Å²) in [6, 6.07) is 0. The molecule has 7 heteroatoms. The maximum atomic E-state index is 13.3. The van der Waals surface area contributed by atoms with Gasteiger partial charge < -0.3 is 28.4 Å². The van der Waals surface area contributed by atoms with Crippen LogP contribution in [-0.2, 0) is 33.2 Å². The molecule has 0 aliphatic carbocycles. The zero-order valence-electron chi connectivity index (χ0n) is 20.4. The van der Waals surface area contributed by atoms with Crippen molar-refractivity contribution in [3.05, 3.63) is 0 Å². The molecule has 0 aromatic carbocycles. The molecule has 0 bridgehead atoms. The van der Waals surface area contributed by atoms with Crippen LogP contribution in [0.1, 0.15) is 79.1 Å². The lowest BCUT2D eigenvalue weighted by Gasteiger charge is -2.33. The second-order valence-corrected chi connectivity index (χ2v) is 8.10. The number of unbranched alkanes of at least 4 members (excludes halogenated alkanes) is 4. The van der Waals surface area contributed by atoms with Crippen molar-refractivity contribution >= 4 is 5.78 Å². The maximum absolute atomic E-state index is 13.3. The van der Waals surface area contributed by atoms with Gasteiger partial charge in [-0.2, -0.15) is 0 Å². The molecule has 5 atom stereocenters. The van der Waals surface area contributed by atoms with E-state index in [0.29, 0.717) is 33.0 Å². The van der Waals surface area contributed by atoms with Gasteiger partial charge >= 0.3 is 0 Å². The number of carbonyl (C=O) groups is 1. The minimum Gasteiger partial charge on any atom is -0.379 e. The average Bonchev–Trinajstić information content (AvgIpc) is 2.87. The number of methoxy groups -OCH3 is 1. The van der Waals surface area contributed by atoms with Crippen LogP contribution in [0.15, 0.2) is 0 Å². The van der Waals surface area contributed by atoms with Crippen LogP contribution < -0.4 is 0 Å². The predicted octanol–water partition coefficient (Wildman–Crippen LogP) is 4.30. The fraction of sp³-hybridized carbons (Fsp3) is 0.958. The molecule has 0 aromatic rings. The summed E-state index contributed by atoms with van der Waals surface area (Å²) in [6.45, 7) is 11.0. The molecule has 1 heterocycles. The van der Waals surface area contributed by atoms with Gasteiger partial charge in [0, 0.05) is 33.5 Å². The van der Waals surface area contributed by atoms with E-state index in [9.17, 15) is 4.79 Å². The molecule has 1 fully saturated rings. The van der Waals surface area contributed by atoms with E-state index < -0.39 is 30.7 Å². The van der Waals surface area contributed by atoms with Crippen LogP contribution >= 0.6 is 0 Å². The molecule has 0 amide bonds. The molecule has 1 aliphatic rings. The minimum atomic E-state index is -1.02. The van der Waals surface area contributed by atoms with Crippen LogP contribution in [0, 0.1) is 0 Å². The number of Topliss-reactive ketones (excluding diaryl/α,β-unsaturated/α-hetero) is 1. The molecule has 0 aromatic heterocycles. The first-order valence-corrected chi connectivity index (χ1v) is 12.3. The van der Waals surface area contributed by atoms with Gasteiger partial charge in [0.25, 0.3) is 0 Å². The fourth-order valence-electron chi connectivity index (χ4n) is 3.38. The second-order valence-electron chi connectivity index (χ2n) is 8.10. The molecule has 0 spiro atoms. The van der Waals surface area contributed by atoms with Crippen molar-refractivity contribution < 1.29 is 33.2 Å². The Morgan fingerprint density at radius 2 is 1.26 bits per heavy atom. The topological polar surface area (TPSA) is 72.5 Å². The molecule has 0 N–H and O–H groups in total. The number of carbonyl (C=O) groups excluding carboxylic acids is 1. The highest BCUT2D eigenvalue weighted by molar-refractivity contribution is 5.87. The molecule has 184 valence electrons. The maximum Gasteiger partial charge on any atom is 0.220 e. The summed E-state index contributed by atoms with van der Waals surface area (Å²) in [5.74, 6) is -0.250. The van der Waals surface area contributed by atoms with E-state index in [0.717, 1.165) is 51.4 Å². The van der Waals surface area contributed by atoms with Crippen molar-refractivity contribution in [3.8, 4) is 0 Å². The Hall–Kier alpha value is -0.570. The van der Waals surface area contributed by atoms with Gasteiger partial charge in [0.2, 0.25) is 12.1 Å². The highest BCUT2D eigenvalue weighted by Crippen LogP contribution is 2.27. The third-order valence-corrected chi connectivity index (χ3v) is 5.35. The minimum absolute atomic E-state index is 0.250.